The lowest BCUT2D eigenvalue weighted by Gasteiger charge is -2.11. The molecule has 4 heteroatoms. The number of halogens is 1. The Balaban J connectivity index is 2.37. The fourth-order valence-electron chi connectivity index (χ4n) is 1.45. The van der Waals surface area contributed by atoms with E-state index in [1.54, 1.807) is 0 Å². The average Bonchev–Trinajstić information content (AvgIpc) is 2.29. The molecule has 0 saturated heterocycles. The van der Waals surface area contributed by atoms with Gasteiger partial charge in [-0.25, -0.2) is 0 Å². The third kappa shape index (κ3) is 4.49. The number of carbonyl (C=O) groups is 1. The summed E-state index contributed by atoms with van der Waals surface area (Å²) in [6.45, 7) is 0. The highest BCUT2D eigenvalue weighted by atomic mass is 127. The minimum absolute atomic E-state index is 0.00153. The van der Waals surface area contributed by atoms with Crippen LogP contribution in [-0.4, -0.2) is 13.1 Å². The van der Waals surface area contributed by atoms with Crippen LogP contribution in [0, 0.1) is 3.57 Å². The predicted molar refractivity (Wildman–Crippen MR) is 72.0 cm³/mol. The van der Waals surface area contributed by atoms with Crippen molar-refractivity contribution < 1.29 is 9.53 Å². The van der Waals surface area contributed by atoms with Crippen molar-refractivity contribution in [1.82, 2.24) is 0 Å². The van der Waals surface area contributed by atoms with Crippen molar-refractivity contribution in [3.05, 3.63) is 33.4 Å². The molecule has 0 radical (unpaired) electrons. The van der Waals surface area contributed by atoms with Gasteiger partial charge in [-0.2, -0.15) is 0 Å². The van der Waals surface area contributed by atoms with E-state index in [1.807, 2.05) is 24.3 Å². The number of esters is 1. The zero-order chi connectivity index (χ0) is 12.0. The molecule has 0 aliphatic heterocycles. The molecule has 0 aliphatic rings. The van der Waals surface area contributed by atoms with Crippen LogP contribution in [0.5, 0.6) is 0 Å². The van der Waals surface area contributed by atoms with Crippen LogP contribution < -0.4 is 5.73 Å². The number of rotatable bonds is 5. The van der Waals surface area contributed by atoms with Crippen LogP contribution in [0.15, 0.2) is 24.3 Å². The lowest BCUT2D eigenvalue weighted by molar-refractivity contribution is -0.140. The lowest BCUT2D eigenvalue weighted by atomic mass is 10.0. The number of ether oxygens (including phenoxy) is 1. The van der Waals surface area contributed by atoms with Crippen LogP contribution >= 0.6 is 22.6 Å². The Morgan fingerprint density at radius 2 is 2.06 bits per heavy atom. The molecule has 0 spiro atoms. The molecule has 1 rings (SSSR count). The van der Waals surface area contributed by atoms with E-state index in [2.05, 4.69) is 27.3 Å². The first kappa shape index (κ1) is 13.4. The fourth-order valence-corrected chi connectivity index (χ4v) is 1.80. The Morgan fingerprint density at radius 3 is 2.62 bits per heavy atom. The maximum Gasteiger partial charge on any atom is 0.305 e. The third-order valence-electron chi connectivity index (χ3n) is 2.42. The summed E-state index contributed by atoms with van der Waals surface area (Å²) in [4.78, 5) is 10.9. The maximum atomic E-state index is 10.9. The highest BCUT2D eigenvalue weighted by Gasteiger charge is 2.07. The minimum Gasteiger partial charge on any atom is -0.469 e. The molecular weight excluding hydrogens is 317 g/mol. The molecule has 0 saturated carbocycles. The second-order valence-electron chi connectivity index (χ2n) is 3.63. The molecule has 3 nitrogen and oxygen atoms in total. The molecule has 0 aliphatic carbocycles. The summed E-state index contributed by atoms with van der Waals surface area (Å²) < 4.78 is 5.77. The molecule has 1 unspecified atom stereocenters. The Kier molecular flexibility index (Phi) is 5.76. The van der Waals surface area contributed by atoms with Crippen LogP contribution in [0.2, 0.25) is 0 Å². The maximum absolute atomic E-state index is 10.9. The van der Waals surface area contributed by atoms with Gasteiger partial charge in [-0.1, -0.05) is 12.1 Å². The summed E-state index contributed by atoms with van der Waals surface area (Å²) in [5.74, 6) is -0.171. The van der Waals surface area contributed by atoms with Gasteiger partial charge in [-0.15, -0.1) is 0 Å². The molecule has 2 N–H and O–H groups in total. The molecule has 1 aromatic carbocycles. The van der Waals surface area contributed by atoms with Crippen molar-refractivity contribution in [3.8, 4) is 0 Å². The number of methoxy groups -OCH3 is 1. The summed E-state index contributed by atoms with van der Waals surface area (Å²) in [5, 5.41) is 0. The predicted octanol–water partition coefficient (Wildman–Crippen LogP) is 2.63. The quantitative estimate of drug-likeness (QED) is 0.666. The summed E-state index contributed by atoms with van der Waals surface area (Å²) in [6, 6.07) is 8.14. The van der Waals surface area contributed by atoms with Gasteiger partial charge in [-0.3, -0.25) is 4.79 Å². The van der Waals surface area contributed by atoms with E-state index in [0.717, 1.165) is 18.4 Å². The standard InChI is InChI=1S/C12H16INO2/c1-16-12(15)4-2-3-11(14)9-5-7-10(13)8-6-9/h5-8,11H,2-4,14H2,1H3. The summed E-state index contributed by atoms with van der Waals surface area (Å²) in [5.41, 5.74) is 7.13. The molecular formula is C12H16INO2. The molecule has 88 valence electrons. The molecule has 0 heterocycles. The smallest absolute Gasteiger partial charge is 0.305 e. The fraction of sp³-hybridized carbons (Fsp3) is 0.417. The first-order valence-corrected chi connectivity index (χ1v) is 6.29. The first-order chi connectivity index (χ1) is 7.63. The first-order valence-electron chi connectivity index (χ1n) is 5.21. The SMILES string of the molecule is COC(=O)CCCC(N)c1ccc(I)cc1. The number of hydrogen-bond donors (Lipinski definition) is 1. The monoisotopic (exact) mass is 333 g/mol. The van der Waals surface area contributed by atoms with E-state index in [-0.39, 0.29) is 12.0 Å². The van der Waals surface area contributed by atoms with Crippen LogP contribution in [-0.2, 0) is 9.53 Å². The van der Waals surface area contributed by atoms with Crippen LogP contribution in [0.4, 0.5) is 0 Å². The number of hydrogen-bond acceptors (Lipinski definition) is 3. The normalized spacial score (nSPS) is 12.2. The van der Waals surface area contributed by atoms with Gasteiger partial charge in [0.1, 0.15) is 0 Å². The number of carbonyl (C=O) groups excluding carboxylic acids is 1. The lowest BCUT2D eigenvalue weighted by Crippen LogP contribution is -2.11. The molecule has 1 atom stereocenters. The average molecular weight is 333 g/mol. The van der Waals surface area contributed by atoms with E-state index in [4.69, 9.17) is 5.73 Å². The van der Waals surface area contributed by atoms with E-state index in [0.29, 0.717) is 6.42 Å². The Morgan fingerprint density at radius 1 is 1.44 bits per heavy atom. The highest BCUT2D eigenvalue weighted by molar-refractivity contribution is 14.1. The Labute approximate surface area is 109 Å². The number of nitrogens with two attached hydrogens (primary N) is 1. The van der Waals surface area contributed by atoms with Gasteiger partial charge in [0.05, 0.1) is 7.11 Å². The highest BCUT2D eigenvalue weighted by Crippen LogP contribution is 2.18. The second-order valence-corrected chi connectivity index (χ2v) is 4.87. The van der Waals surface area contributed by atoms with Crippen molar-refractivity contribution in [2.24, 2.45) is 5.73 Å². The van der Waals surface area contributed by atoms with E-state index in [9.17, 15) is 4.79 Å². The van der Waals surface area contributed by atoms with Crippen LogP contribution in [0.3, 0.4) is 0 Å². The van der Waals surface area contributed by atoms with Gasteiger partial charge in [0.25, 0.3) is 0 Å². The second kappa shape index (κ2) is 6.85. The van der Waals surface area contributed by atoms with Crippen molar-refractivity contribution in [1.29, 1.82) is 0 Å². The van der Waals surface area contributed by atoms with Gasteiger partial charge >= 0.3 is 5.97 Å². The largest absolute Gasteiger partial charge is 0.469 e. The van der Waals surface area contributed by atoms with Gasteiger partial charge in [0, 0.05) is 16.0 Å². The zero-order valence-corrected chi connectivity index (χ0v) is 11.4. The molecule has 1 aromatic rings. The zero-order valence-electron chi connectivity index (χ0n) is 9.28. The molecule has 0 fully saturated rings. The molecule has 16 heavy (non-hydrogen) atoms. The van der Waals surface area contributed by atoms with Crippen molar-refractivity contribution in [3.63, 3.8) is 0 Å². The van der Waals surface area contributed by atoms with E-state index in [1.165, 1.54) is 10.7 Å². The van der Waals surface area contributed by atoms with Crippen molar-refractivity contribution in [2.45, 2.75) is 25.3 Å². The van der Waals surface area contributed by atoms with Gasteiger partial charge < -0.3 is 10.5 Å². The minimum atomic E-state index is -0.171. The Bertz CT molecular complexity index is 337. The van der Waals surface area contributed by atoms with Gasteiger partial charge in [0.15, 0.2) is 0 Å². The Hall–Kier alpha value is -0.620. The summed E-state index contributed by atoms with van der Waals surface area (Å²) in [6.07, 6.45) is 2.00. The third-order valence-corrected chi connectivity index (χ3v) is 3.14. The van der Waals surface area contributed by atoms with Crippen LogP contribution in [0.1, 0.15) is 30.9 Å². The summed E-state index contributed by atoms with van der Waals surface area (Å²) in [7, 11) is 1.40. The van der Waals surface area contributed by atoms with Gasteiger partial charge in [0.2, 0.25) is 0 Å². The molecule has 0 bridgehead atoms. The topological polar surface area (TPSA) is 52.3 Å². The van der Waals surface area contributed by atoms with Crippen molar-refractivity contribution in [2.75, 3.05) is 7.11 Å². The molecule has 0 amide bonds. The van der Waals surface area contributed by atoms with E-state index >= 15 is 0 Å². The van der Waals surface area contributed by atoms with Gasteiger partial charge in [-0.05, 0) is 53.1 Å². The van der Waals surface area contributed by atoms with E-state index < -0.39 is 0 Å². The van der Waals surface area contributed by atoms with Crippen LogP contribution in [0.25, 0.3) is 0 Å². The summed E-state index contributed by atoms with van der Waals surface area (Å²) >= 11 is 2.26. The molecule has 0 aromatic heterocycles. The van der Waals surface area contributed by atoms with Crippen molar-refractivity contribution >= 4 is 28.6 Å². The number of benzene rings is 1.